The van der Waals surface area contributed by atoms with Crippen molar-refractivity contribution >= 4 is 44.8 Å². The van der Waals surface area contributed by atoms with Crippen molar-refractivity contribution in [2.24, 2.45) is 0 Å². The Morgan fingerprint density at radius 2 is 1.90 bits per heavy atom. The predicted octanol–water partition coefficient (Wildman–Crippen LogP) is 3.79. The number of rotatable bonds is 4. The summed E-state index contributed by atoms with van der Waals surface area (Å²) in [7, 11) is -3.15. The van der Waals surface area contributed by atoms with Crippen LogP contribution in [0.1, 0.15) is 16.1 Å². The average Bonchev–Trinajstić information content (AvgIpc) is 2.97. The van der Waals surface area contributed by atoms with E-state index in [0.717, 1.165) is 22.6 Å². The minimum atomic E-state index is -4.64. The summed E-state index contributed by atoms with van der Waals surface area (Å²) in [5.41, 5.74) is -1.68. The molecule has 2 aromatic heterocycles. The summed E-state index contributed by atoms with van der Waals surface area (Å²) in [6.07, 6.45) is -3.99. The maximum absolute atomic E-state index is 12.9. The van der Waals surface area contributed by atoms with E-state index < -0.39 is 43.4 Å². The van der Waals surface area contributed by atoms with Gasteiger partial charge in [-0.25, -0.2) is 18.1 Å². The minimum Gasteiger partial charge on any atom is -0.497 e. The fraction of sp³-hybridized carbons (Fsp3) is 0.125. The van der Waals surface area contributed by atoms with Gasteiger partial charge in [0, 0.05) is 12.3 Å². The molecule has 29 heavy (non-hydrogen) atoms. The van der Waals surface area contributed by atoms with Gasteiger partial charge in [-0.1, -0.05) is 23.2 Å². The number of carbonyl (C=O) groups is 1. The Labute approximate surface area is 172 Å². The lowest BCUT2D eigenvalue weighted by molar-refractivity contribution is -0.137. The third-order valence-electron chi connectivity index (χ3n) is 3.76. The van der Waals surface area contributed by atoms with Gasteiger partial charge in [-0.3, -0.25) is 9.20 Å². The number of methoxy groups -OCH3 is 1. The van der Waals surface area contributed by atoms with Crippen LogP contribution >= 0.6 is 23.2 Å². The highest BCUT2D eigenvalue weighted by atomic mass is 35.5. The van der Waals surface area contributed by atoms with Gasteiger partial charge >= 0.3 is 6.18 Å². The molecule has 1 N–H and O–H groups in total. The molecule has 0 aliphatic carbocycles. The van der Waals surface area contributed by atoms with Crippen molar-refractivity contribution in [3.05, 3.63) is 58.0 Å². The van der Waals surface area contributed by atoms with E-state index in [1.54, 1.807) is 4.72 Å². The summed E-state index contributed by atoms with van der Waals surface area (Å²) in [4.78, 5) is 15.8. The van der Waals surface area contributed by atoms with E-state index in [1.165, 1.54) is 19.2 Å². The van der Waals surface area contributed by atoms with Crippen LogP contribution in [0.2, 0.25) is 10.2 Å². The smallest absolute Gasteiger partial charge is 0.417 e. The number of fused-ring (bicyclic) bond motifs is 1. The quantitative estimate of drug-likeness (QED) is 0.630. The summed E-state index contributed by atoms with van der Waals surface area (Å²) in [5.74, 6) is -1.07. The molecule has 0 aliphatic rings. The molecule has 0 bridgehead atoms. The van der Waals surface area contributed by atoms with Crippen molar-refractivity contribution in [1.82, 2.24) is 14.1 Å². The van der Waals surface area contributed by atoms with Crippen LogP contribution in [0.4, 0.5) is 13.2 Å². The molecule has 13 heteroatoms. The number of nitrogens with one attached hydrogen (secondary N) is 1. The first-order chi connectivity index (χ1) is 13.4. The van der Waals surface area contributed by atoms with Crippen molar-refractivity contribution in [2.75, 3.05) is 7.11 Å². The molecule has 7 nitrogen and oxygen atoms in total. The van der Waals surface area contributed by atoms with Crippen LogP contribution in [0.25, 0.3) is 5.65 Å². The van der Waals surface area contributed by atoms with Gasteiger partial charge in [-0.05, 0) is 24.3 Å². The van der Waals surface area contributed by atoms with E-state index in [0.29, 0.717) is 6.20 Å². The summed E-state index contributed by atoms with van der Waals surface area (Å²) in [6.45, 7) is 0. The number of carbonyl (C=O) groups excluding carboxylic acids is 1. The second kappa shape index (κ2) is 7.39. The minimum absolute atomic E-state index is 0.0787. The Morgan fingerprint density at radius 1 is 1.21 bits per heavy atom. The van der Waals surface area contributed by atoms with Gasteiger partial charge in [0.2, 0.25) is 0 Å². The van der Waals surface area contributed by atoms with Gasteiger partial charge in [0.1, 0.15) is 21.4 Å². The standard InChI is InChI=1S/C16H10Cl2F3N3O4S/c1-28-9-3-4-10(17)11(6-9)29(26,27)23-15(25)13-14(18)24-7-8(16(19,20)21)2-5-12(24)22-13/h2-7H,1H3,(H,23,25). The molecule has 0 spiro atoms. The normalized spacial score (nSPS) is 12.2. The number of amides is 1. The lowest BCUT2D eigenvalue weighted by atomic mass is 10.3. The lowest BCUT2D eigenvalue weighted by Crippen LogP contribution is -2.31. The van der Waals surface area contributed by atoms with Gasteiger partial charge in [0.15, 0.2) is 5.69 Å². The molecule has 0 aliphatic heterocycles. The largest absolute Gasteiger partial charge is 0.497 e. The van der Waals surface area contributed by atoms with Crippen molar-refractivity contribution in [1.29, 1.82) is 0 Å². The van der Waals surface area contributed by atoms with Crippen LogP contribution in [-0.4, -0.2) is 30.8 Å². The maximum atomic E-state index is 12.9. The van der Waals surface area contributed by atoms with E-state index in [1.807, 2.05) is 0 Å². The molecule has 1 amide bonds. The first-order valence-electron chi connectivity index (χ1n) is 7.59. The fourth-order valence-electron chi connectivity index (χ4n) is 2.37. The van der Waals surface area contributed by atoms with E-state index in [-0.39, 0.29) is 16.4 Å². The number of aromatic nitrogens is 2. The molecule has 154 valence electrons. The predicted molar refractivity (Wildman–Crippen MR) is 97.9 cm³/mol. The maximum Gasteiger partial charge on any atom is 0.417 e. The Balaban J connectivity index is 1.99. The van der Waals surface area contributed by atoms with Crippen molar-refractivity contribution in [2.45, 2.75) is 11.1 Å². The van der Waals surface area contributed by atoms with Crippen LogP contribution in [0.3, 0.4) is 0 Å². The topological polar surface area (TPSA) is 89.8 Å². The number of hydrogen-bond donors (Lipinski definition) is 1. The lowest BCUT2D eigenvalue weighted by Gasteiger charge is -2.09. The zero-order chi connectivity index (χ0) is 21.6. The van der Waals surface area contributed by atoms with E-state index >= 15 is 0 Å². The van der Waals surface area contributed by atoms with Gasteiger partial charge in [-0.15, -0.1) is 0 Å². The average molecular weight is 468 g/mol. The van der Waals surface area contributed by atoms with Crippen LogP contribution < -0.4 is 9.46 Å². The second-order valence-corrected chi connectivity index (χ2v) is 8.04. The Bertz CT molecular complexity index is 1230. The number of imidazole rings is 1. The third kappa shape index (κ3) is 4.11. The third-order valence-corrected chi connectivity index (χ3v) is 5.93. The van der Waals surface area contributed by atoms with Crippen molar-refractivity contribution < 1.29 is 31.1 Å². The number of halogens is 5. The highest BCUT2D eigenvalue weighted by Gasteiger charge is 2.32. The number of hydrogen-bond acceptors (Lipinski definition) is 5. The zero-order valence-electron chi connectivity index (χ0n) is 14.3. The molecular weight excluding hydrogens is 458 g/mol. The number of nitrogens with zero attached hydrogens (tertiary/aromatic N) is 2. The van der Waals surface area contributed by atoms with Gasteiger partial charge in [0.05, 0.1) is 17.7 Å². The number of alkyl halides is 3. The number of sulfonamides is 1. The van der Waals surface area contributed by atoms with Crippen LogP contribution in [0.15, 0.2) is 41.4 Å². The van der Waals surface area contributed by atoms with Gasteiger partial charge in [-0.2, -0.15) is 13.2 Å². The molecule has 0 saturated heterocycles. The summed E-state index contributed by atoms with van der Waals surface area (Å²) >= 11 is 11.8. The van der Waals surface area contributed by atoms with Crippen LogP contribution in [0.5, 0.6) is 5.75 Å². The molecule has 0 atom stereocenters. The van der Waals surface area contributed by atoms with Crippen molar-refractivity contribution in [3.8, 4) is 5.75 Å². The molecule has 3 aromatic rings. The molecular formula is C16H10Cl2F3N3O4S. The van der Waals surface area contributed by atoms with E-state index in [4.69, 9.17) is 27.9 Å². The van der Waals surface area contributed by atoms with Crippen LogP contribution in [0, 0.1) is 0 Å². The summed E-state index contributed by atoms with van der Waals surface area (Å²) < 4.78 is 71.1. The molecule has 0 fully saturated rings. The highest BCUT2D eigenvalue weighted by molar-refractivity contribution is 7.90. The molecule has 0 radical (unpaired) electrons. The SMILES string of the molecule is COc1ccc(Cl)c(S(=O)(=O)NC(=O)c2nc3ccc(C(F)(F)F)cn3c2Cl)c1. The number of ether oxygens (including phenoxy) is 1. The Kier molecular flexibility index (Phi) is 5.41. The van der Waals surface area contributed by atoms with Gasteiger partial charge < -0.3 is 4.74 Å². The Morgan fingerprint density at radius 3 is 2.52 bits per heavy atom. The van der Waals surface area contributed by atoms with Crippen molar-refractivity contribution in [3.63, 3.8) is 0 Å². The van der Waals surface area contributed by atoms with Crippen LogP contribution in [-0.2, 0) is 16.2 Å². The zero-order valence-corrected chi connectivity index (χ0v) is 16.6. The highest BCUT2D eigenvalue weighted by Crippen LogP contribution is 2.31. The van der Waals surface area contributed by atoms with E-state index in [9.17, 15) is 26.4 Å². The monoisotopic (exact) mass is 467 g/mol. The first kappa shape index (κ1) is 21.2. The molecule has 2 heterocycles. The first-order valence-corrected chi connectivity index (χ1v) is 9.83. The Hall–Kier alpha value is -2.50. The summed E-state index contributed by atoms with van der Waals surface area (Å²) in [5, 5.41) is -0.669. The van der Waals surface area contributed by atoms with Gasteiger partial charge in [0.25, 0.3) is 15.9 Å². The molecule has 0 unspecified atom stereocenters. The summed E-state index contributed by atoms with van der Waals surface area (Å²) in [6, 6.07) is 5.53. The van der Waals surface area contributed by atoms with E-state index in [2.05, 4.69) is 4.98 Å². The fourth-order valence-corrected chi connectivity index (χ4v) is 4.10. The molecule has 0 saturated carbocycles. The molecule has 3 rings (SSSR count). The number of benzene rings is 1. The number of pyridine rings is 1. The molecule has 1 aromatic carbocycles. The second-order valence-electron chi connectivity index (χ2n) is 5.63.